The molecule has 0 aliphatic carbocycles. The molecular weight excluding hydrogens is 260 g/mol. The Morgan fingerprint density at radius 1 is 1.35 bits per heavy atom. The molecule has 7 heteroatoms. The Kier molecular flexibility index (Phi) is 2.88. The lowest BCUT2D eigenvalue weighted by Gasteiger charge is -2.34. The minimum Gasteiger partial charge on any atom is -0.444 e. The van der Waals surface area contributed by atoms with Crippen LogP contribution in [-0.2, 0) is 4.74 Å². The van der Waals surface area contributed by atoms with Gasteiger partial charge in [-0.15, -0.1) is 0 Å². The van der Waals surface area contributed by atoms with E-state index in [0.717, 1.165) is 13.0 Å². The van der Waals surface area contributed by atoms with Crippen LogP contribution in [0.15, 0.2) is 4.52 Å². The topological polar surface area (TPSA) is 71.7 Å². The van der Waals surface area contributed by atoms with Crippen LogP contribution in [0.3, 0.4) is 0 Å². The number of anilines is 1. The predicted octanol–water partition coefficient (Wildman–Crippen LogP) is 1.58. The molecule has 1 amide bonds. The van der Waals surface area contributed by atoms with Gasteiger partial charge in [0.25, 0.3) is 0 Å². The average molecular weight is 280 g/mol. The molecule has 2 fully saturated rings. The minimum absolute atomic E-state index is 0.169. The van der Waals surface area contributed by atoms with Gasteiger partial charge in [-0.3, -0.25) is 0 Å². The van der Waals surface area contributed by atoms with E-state index in [4.69, 9.17) is 9.26 Å². The standard InChI is InChI=1S/C13H20N4O3/c1-8-14-11(20-15-8)16-6-10-5-9(16)7-17(10)12(18)19-13(2,3)4/h9-10H,5-7H2,1-4H3. The second-order valence-electron chi connectivity index (χ2n) is 6.45. The summed E-state index contributed by atoms with van der Waals surface area (Å²) in [5.74, 6) is 0.631. The Balaban J connectivity index is 1.66. The lowest BCUT2D eigenvalue weighted by atomic mass is 10.2. The van der Waals surface area contributed by atoms with E-state index in [1.165, 1.54) is 0 Å². The van der Waals surface area contributed by atoms with Crippen LogP contribution in [0, 0.1) is 6.92 Å². The average Bonchev–Trinajstić information content (AvgIpc) is 2.99. The van der Waals surface area contributed by atoms with Crippen LogP contribution in [0.1, 0.15) is 33.0 Å². The smallest absolute Gasteiger partial charge is 0.410 e. The first-order valence-electron chi connectivity index (χ1n) is 6.90. The predicted molar refractivity (Wildman–Crippen MR) is 71.5 cm³/mol. The number of fused-ring (bicyclic) bond motifs is 2. The Labute approximate surface area is 117 Å². The molecule has 3 rings (SSSR count). The summed E-state index contributed by atoms with van der Waals surface area (Å²) >= 11 is 0. The molecule has 2 atom stereocenters. The summed E-state index contributed by atoms with van der Waals surface area (Å²) in [7, 11) is 0. The van der Waals surface area contributed by atoms with E-state index >= 15 is 0 Å². The Hall–Kier alpha value is -1.79. The highest BCUT2D eigenvalue weighted by molar-refractivity contribution is 5.70. The van der Waals surface area contributed by atoms with Crippen molar-refractivity contribution in [2.75, 3.05) is 18.0 Å². The first-order chi connectivity index (χ1) is 9.33. The van der Waals surface area contributed by atoms with Gasteiger partial charge in [0, 0.05) is 13.1 Å². The van der Waals surface area contributed by atoms with E-state index in [9.17, 15) is 4.79 Å². The molecule has 0 N–H and O–H groups in total. The third-order valence-electron chi connectivity index (χ3n) is 3.63. The summed E-state index contributed by atoms with van der Waals surface area (Å²) in [6, 6.07) is 0.966. The molecule has 3 heterocycles. The Bertz CT molecular complexity index is 522. The van der Waals surface area contributed by atoms with E-state index in [0.29, 0.717) is 18.4 Å². The van der Waals surface area contributed by atoms with E-state index in [1.54, 1.807) is 6.92 Å². The van der Waals surface area contributed by atoms with Gasteiger partial charge in [-0.05, 0) is 34.1 Å². The van der Waals surface area contributed by atoms with Gasteiger partial charge >= 0.3 is 12.1 Å². The van der Waals surface area contributed by atoms with Crippen molar-refractivity contribution in [1.29, 1.82) is 0 Å². The van der Waals surface area contributed by atoms with Crippen molar-refractivity contribution < 1.29 is 14.1 Å². The van der Waals surface area contributed by atoms with E-state index in [-0.39, 0.29) is 18.2 Å². The van der Waals surface area contributed by atoms with Crippen LogP contribution in [0.2, 0.25) is 0 Å². The highest BCUT2D eigenvalue weighted by atomic mass is 16.6. The monoisotopic (exact) mass is 280 g/mol. The maximum Gasteiger partial charge on any atom is 0.410 e. The van der Waals surface area contributed by atoms with Crippen LogP contribution in [0.5, 0.6) is 0 Å². The summed E-state index contributed by atoms with van der Waals surface area (Å²) in [4.78, 5) is 20.3. The fourth-order valence-corrected chi connectivity index (χ4v) is 2.85. The normalized spacial score (nSPS) is 25.4. The molecule has 2 bridgehead atoms. The van der Waals surface area contributed by atoms with E-state index in [1.807, 2.05) is 25.7 Å². The van der Waals surface area contributed by atoms with Gasteiger partial charge in [-0.2, -0.15) is 4.98 Å². The molecule has 20 heavy (non-hydrogen) atoms. The molecule has 2 saturated heterocycles. The molecule has 7 nitrogen and oxygen atoms in total. The number of likely N-dealkylation sites (tertiary alicyclic amines) is 1. The zero-order chi connectivity index (χ0) is 14.5. The minimum atomic E-state index is -0.456. The summed E-state index contributed by atoms with van der Waals surface area (Å²) < 4.78 is 10.6. The molecule has 110 valence electrons. The van der Waals surface area contributed by atoms with Crippen molar-refractivity contribution in [2.24, 2.45) is 0 Å². The summed E-state index contributed by atoms with van der Waals surface area (Å²) in [6.07, 6.45) is 0.701. The van der Waals surface area contributed by atoms with Crippen molar-refractivity contribution in [3.05, 3.63) is 5.82 Å². The second kappa shape index (κ2) is 4.36. The van der Waals surface area contributed by atoms with Crippen LogP contribution < -0.4 is 4.90 Å². The first-order valence-corrected chi connectivity index (χ1v) is 6.90. The lowest BCUT2D eigenvalue weighted by molar-refractivity contribution is 0.0213. The largest absolute Gasteiger partial charge is 0.444 e. The Morgan fingerprint density at radius 3 is 2.60 bits per heavy atom. The number of aryl methyl sites for hydroxylation is 1. The van der Waals surface area contributed by atoms with Gasteiger partial charge in [0.2, 0.25) is 0 Å². The molecule has 1 aromatic rings. The molecule has 2 aliphatic rings. The molecule has 2 unspecified atom stereocenters. The zero-order valence-corrected chi connectivity index (χ0v) is 12.3. The number of aromatic nitrogens is 2. The summed E-state index contributed by atoms with van der Waals surface area (Å²) in [5, 5.41) is 3.81. The van der Waals surface area contributed by atoms with E-state index < -0.39 is 5.60 Å². The van der Waals surface area contributed by atoms with E-state index in [2.05, 4.69) is 15.0 Å². The van der Waals surface area contributed by atoms with Gasteiger partial charge < -0.3 is 19.1 Å². The molecule has 0 spiro atoms. The number of carbonyl (C=O) groups is 1. The van der Waals surface area contributed by atoms with Crippen LogP contribution >= 0.6 is 0 Å². The third kappa shape index (κ3) is 2.32. The van der Waals surface area contributed by atoms with Gasteiger partial charge in [0.15, 0.2) is 5.82 Å². The van der Waals surface area contributed by atoms with Crippen molar-refractivity contribution in [3.63, 3.8) is 0 Å². The van der Waals surface area contributed by atoms with Gasteiger partial charge in [0.1, 0.15) is 5.60 Å². The van der Waals surface area contributed by atoms with Gasteiger partial charge in [0.05, 0.1) is 12.1 Å². The number of hydrogen-bond acceptors (Lipinski definition) is 6. The fraction of sp³-hybridized carbons (Fsp3) is 0.769. The molecule has 1 aromatic heterocycles. The molecule has 0 saturated carbocycles. The number of amides is 1. The third-order valence-corrected chi connectivity index (χ3v) is 3.63. The number of hydrogen-bond donors (Lipinski definition) is 0. The summed E-state index contributed by atoms with van der Waals surface area (Å²) in [5.41, 5.74) is -0.456. The van der Waals surface area contributed by atoms with Crippen molar-refractivity contribution in [1.82, 2.24) is 15.0 Å². The molecule has 2 aliphatic heterocycles. The summed E-state index contributed by atoms with van der Waals surface area (Å²) in [6.45, 7) is 8.83. The first kappa shape index (κ1) is 13.2. The maximum atomic E-state index is 12.1. The molecule has 0 radical (unpaired) electrons. The zero-order valence-electron chi connectivity index (χ0n) is 12.3. The van der Waals surface area contributed by atoms with Crippen molar-refractivity contribution in [3.8, 4) is 0 Å². The maximum absolute atomic E-state index is 12.1. The van der Waals surface area contributed by atoms with Crippen molar-refractivity contribution >= 4 is 12.1 Å². The fourth-order valence-electron chi connectivity index (χ4n) is 2.85. The van der Waals surface area contributed by atoms with Crippen molar-refractivity contribution in [2.45, 2.75) is 51.8 Å². The Morgan fingerprint density at radius 2 is 2.10 bits per heavy atom. The molecular formula is C13H20N4O3. The highest BCUT2D eigenvalue weighted by Crippen LogP contribution is 2.34. The second-order valence-corrected chi connectivity index (χ2v) is 6.45. The number of rotatable bonds is 1. The highest BCUT2D eigenvalue weighted by Gasteiger charge is 2.48. The quantitative estimate of drug-likeness (QED) is 0.777. The lowest BCUT2D eigenvalue weighted by Crippen LogP contribution is -2.50. The van der Waals surface area contributed by atoms with Crippen LogP contribution in [-0.4, -0.2) is 51.9 Å². The van der Waals surface area contributed by atoms with Crippen LogP contribution in [0.4, 0.5) is 10.8 Å². The SMILES string of the molecule is Cc1noc(N2CC3CC2CN3C(=O)OC(C)(C)C)n1. The number of ether oxygens (including phenoxy) is 1. The van der Waals surface area contributed by atoms with Crippen LogP contribution in [0.25, 0.3) is 0 Å². The van der Waals surface area contributed by atoms with Gasteiger partial charge in [-0.1, -0.05) is 5.16 Å². The molecule has 0 aromatic carbocycles. The van der Waals surface area contributed by atoms with Gasteiger partial charge in [-0.25, -0.2) is 4.79 Å². The number of carbonyl (C=O) groups excluding carboxylic acids is 1. The number of piperazine rings is 1. The number of nitrogens with zero attached hydrogens (tertiary/aromatic N) is 4.